The van der Waals surface area contributed by atoms with E-state index in [1.54, 1.807) is 59.5 Å². The molecule has 0 amide bonds. The predicted molar refractivity (Wildman–Crippen MR) is 178 cm³/mol. The topological polar surface area (TPSA) is 98.0 Å². The van der Waals surface area contributed by atoms with E-state index in [9.17, 15) is 0 Å². The molecule has 1 unspecified atom stereocenters. The number of hydrogen-bond acceptors (Lipinski definition) is 9. The fraction of sp³-hybridized carbons (Fsp3) is 0.472. The van der Waals surface area contributed by atoms with Crippen molar-refractivity contribution in [1.29, 1.82) is 0 Å². The van der Waals surface area contributed by atoms with E-state index in [1.807, 2.05) is 54.9 Å². The SMILES string of the molecule is CCCc1cccnc1.COCC1CCOC1.COCCc1cccnc1.COCCc1ccco1.COCc1cccnc1. The van der Waals surface area contributed by atoms with Gasteiger partial charge in [-0.3, -0.25) is 15.0 Å². The highest BCUT2D eigenvalue weighted by molar-refractivity contribution is 5.09. The van der Waals surface area contributed by atoms with Gasteiger partial charge in [-0.15, -0.1) is 0 Å². The summed E-state index contributed by atoms with van der Waals surface area (Å²) >= 11 is 0. The standard InChI is InChI=1S/C8H11NO.C8H11N.C7H9NO.C7H10O2.C6H12O2/c1-10-6-4-8-3-2-5-9-7-8;1-2-4-8-5-3-6-9-7-8;1-9-6-7-3-2-4-8-5-7;1-8-6-4-7-3-2-5-9-7;1-7-4-6-2-3-8-5-6/h2-3,5,7H,4,6H2,1H3;3,5-7H,2,4H2,1H3;2-5H,6H2,1H3;2-3,5H,4,6H2,1H3;6H,2-5H2,1H3. The average molecular weight is 624 g/mol. The van der Waals surface area contributed by atoms with Crippen LogP contribution in [0.3, 0.4) is 0 Å². The Kier molecular flexibility index (Phi) is 25.7. The van der Waals surface area contributed by atoms with Crippen molar-refractivity contribution in [3.63, 3.8) is 0 Å². The van der Waals surface area contributed by atoms with Gasteiger partial charge in [0.1, 0.15) is 5.76 Å². The number of rotatable bonds is 12. The lowest BCUT2D eigenvalue weighted by atomic mass is 10.1. The van der Waals surface area contributed by atoms with Crippen LogP contribution in [-0.2, 0) is 49.6 Å². The van der Waals surface area contributed by atoms with Crippen molar-refractivity contribution in [3.05, 3.63) is 114 Å². The van der Waals surface area contributed by atoms with E-state index >= 15 is 0 Å². The van der Waals surface area contributed by atoms with Gasteiger partial charge in [0.15, 0.2) is 0 Å². The highest BCUT2D eigenvalue weighted by atomic mass is 16.5. The molecule has 5 heterocycles. The summed E-state index contributed by atoms with van der Waals surface area (Å²) in [5, 5.41) is 0. The number of methoxy groups -OCH3 is 4. The molecule has 5 rings (SSSR count). The first kappa shape index (κ1) is 39.6. The Labute approximate surface area is 270 Å². The van der Waals surface area contributed by atoms with Crippen LogP contribution in [0, 0.1) is 5.92 Å². The Morgan fingerprint density at radius 3 is 1.73 bits per heavy atom. The third-order valence-electron chi connectivity index (χ3n) is 6.17. The molecular formula is C36H53N3O6. The Morgan fingerprint density at radius 2 is 1.29 bits per heavy atom. The number of furan rings is 1. The lowest BCUT2D eigenvalue weighted by Gasteiger charge is -2.02. The third-order valence-corrected chi connectivity index (χ3v) is 6.17. The van der Waals surface area contributed by atoms with E-state index in [1.165, 1.54) is 24.0 Å². The first-order valence-corrected chi connectivity index (χ1v) is 15.4. The maximum atomic E-state index is 5.13. The highest BCUT2D eigenvalue weighted by Gasteiger charge is 2.14. The molecule has 1 aliphatic rings. The van der Waals surface area contributed by atoms with E-state index in [0.29, 0.717) is 12.5 Å². The van der Waals surface area contributed by atoms with Crippen molar-refractivity contribution < 1.29 is 28.1 Å². The zero-order chi connectivity index (χ0) is 32.6. The molecule has 0 bridgehead atoms. The summed E-state index contributed by atoms with van der Waals surface area (Å²) < 4.78 is 29.8. The van der Waals surface area contributed by atoms with Crippen LogP contribution in [0.2, 0.25) is 0 Å². The molecule has 0 aliphatic carbocycles. The van der Waals surface area contributed by atoms with Gasteiger partial charge in [0, 0.05) is 84.6 Å². The molecular weight excluding hydrogens is 570 g/mol. The molecule has 0 radical (unpaired) electrons. The van der Waals surface area contributed by atoms with E-state index in [-0.39, 0.29) is 0 Å². The van der Waals surface area contributed by atoms with Crippen LogP contribution in [0.5, 0.6) is 0 Å². The zero-order valence-electron chi connectivity index (χ0n) is 27.8. The van der Waals surface area contributed by atoms with E-state index in [2.05, 4.69) is 27.9 Å². The fourth-order valence-corrected chi connectivity index (χ4v) is 3.86. The summed E-state index contributed by atoms with van der Waals surface area (Å²) in [5.41, 5.74) is 3.67. The minimum Gasteiger partial charge on any atom is -0.469 e. The van der Waals surface area contributed by atoms with Crippen molar-refractivity contribution >= 4 is 0 Å². The van der Waals surface area contributed by atoms with Gasteiger partial charge in [-0.05, 0) is 66.3 Å². The lowest BCUT2D eigenvalue weighted by Crippen LogP contribution is -2.06. The molecule has 9 heteroatoms. The molecule has 0 aromatic carbocycles. The van der Waals surface area contributed by atoms with Gasteiger partial charge in [0.2, 0.25) is 0 Å². The van der Waals surface area contributed by atoms with Crippen molar-refractivity contribution in [3.8, 4) is 0 Å². The molecule has 9 nitrogen and oxygen atoms in total. The van der Waals surface area contributed by atoms with Gasteiger partial charge in [-0.2, -0.15) is 0 Å². The van der Waals surface area contributed by atoms with Crippen molar-refractivity contribution in [2.24, 2.45) is 5.92 Å². The first-order chi connectivity index (χ1) is 22.2. The molecule has 0 saturated carbocycles. The van der Waals surface area contributed by atoms with Gasteiger partial charge in [-0.1, -0.05) is 31.5 Å². The molecule has 4 aromatic rings. The van der Waals surface area contributed by atoms with Crippen LogP contribution < -0.4 is 0 Å². The monoisotopic (exact) mass is 623 g/mol. The van der Waals surface area contributed by atoms with Crippen LogP contribution >= 0.6 is 0 Å². The number of nitrogens with zero attached hydrogens (tertiary/aromatic N) is 3. The normalized spacial score (nSPS) is 13.0. The quantitative estimate of drug-likeness (QED) is 0.171. The Balaban J connectivity index is 0.000000282. The predicted octanol–water partition coefficient (Wildman–Crippen LogP) is 6.67. The maximum Gasteiger partial charge on any atom is 0.106 e. The Morgan fingerprint density at radius 1 is 0.689 bits per heavy atom. The second kappa shape index (κ2) is 29.3. The van der Waals surface area contributed by atoms with E-state index in [0.717, 1.165) is 63.6 Å². The summed E-state index contributed by atoms with van der Waals surface area (Å²) in [6.07, 6.45) is 17.9. The van der Waals surface area contributed by atoms with Gasteiger partial charge in [0.05, 0.1) is 39.3 Å². The number of ether oxygens (including phenoxy) is 5. The second-order valence-corrected chi connectivity index (χ2v) is 10.0. The number of pyridine rings is 3. The molecule has 248 valence electrons. The van der Waals surface area contributed by atoms with E-state index < -0.39 is 0 Å². The fourth-order valence-electron chi connectivity index (χ4n) is 3.86. The van der Waals surface area contributed by atoms with Gasteiger partial charge in [0.25, 0.3) is 0 Å². The minimum absolute atomic E-state index is 0.647. The average Bonchev–Trinajstić information content (AvgIpc) is 3.81. The molecule has 1 saturated heterocycles. The molecule has 45 heavy (non-hydrogen) atoms. The molecule has 1 fully saturated rings. The summed E-state index contributed by atoms with van der Waals surface area (Å²) in [6.45, 7) is 7.00. The highest BCUT2D eigenvalue weighted by Crippen LogP contribution is 2.11. The molecule has 1 atom stereocenters. The van der Waals surface area contributed by atoms with Gasteiger partial charge < -0.3 is 28.1 Å². The van der Waals surface area contributed by atoms with Crippen LogP contribution in [0.1, 0.15) is 42.2 Å². The number of aromatic nitrogens is 3. The maximum absolute atomic E-state index is 5.13. The summed E-state index contributed by atoms with van der Waals surface area (Å²) in [4.78, 5) is 11.9. The van der Waals surface area contributed by atoms with Crippen molar-refractivity contribution in [1.82, 2.24) is 15.0 Å². The number of aryl methyl sites for hydroxylation is 1. The molecule has 1 aliphatic heterocycles. The Bertz CT molecular complexity index is 1070. The molecule has 0 N–H and O–H groups in total. The van der Waals surface area contributed by atoms with Crippen molar-refractivity contribution in [2.45, 2.75) is 45.6 Å². The third kappa shape index (κ3) is 22.7. The second-order valence-electron chi connectivity index (χ2n) is 10.0. The first-order valence-electron chi connectivity index (χ1n) is 15.4. The smallest absolute Gasteiger partial charge is 0.106 e. The van der Waals surface area contributed by atoms with Gasteiger partial charge in [-0.25, -0.2) is 0 Å². The summed E-state index contributed by atoms with van der Waals surface area (Å²) in [6, 6.07) is 15.8. The van der Waals surface area contributed by atoms with Crippen LogP contribution in [0.25, 0.3) is 0 Å². The zero-order valence-corrected chi connectivity index (χ0v) is 27.8. The summed E-state index contributed by atoms with van der Waals surface area (Å²) in [7, 11) is 6.80. The molecule has 4 aromatic heterocycles. The number of hydrogen-bond donors (Lipinski definition) is 0. The Hall–Kier alpha value is -3.47. The van der Waals surface area contributed by atoms with Crippen LogP contribution in [-0.4, -0.2) is 76.4 Å². The largest absolute Gasteiger partial charge is 0.469 e. The van der Waals surface area contributed by atoms with Crippen LogP contribution in [0.4, 0.5) is 0 Å². The molecule has 0 spiro atoms. The van der Waals surface area contributed by atoms with Crippen molar-refractivity contribution in [2.75, 3.05) is 61.5 Å². The lowest BCUT2D eigenvalue weighted by molar-refractivity contribution is 0.129. The van der Waals surface area contributed by atoms with E-state index in [4.69, 9.17) is 28.1 Å². The van der Waals surface area contributed by atoms with Crippen LogP contribution in [0.15, 0.2) is 96.4 Å². The van der Waals surface area contributed by atoms with Gasteiger partial charge >= 0.3 is 0 Å². The minimum atomic E-state index is 0.647. The summed E-state index contributed by atoms with van der Waals surface area (Å²) in [5.74, 6) is 1.65.